The Labute approximate surface area is 108 Å². The molecule has 0 aliphatic heterocycles. The zero-order chi connectivity index (χ0) is 12.4. The molecule has 1 aliphatic rings. The lowest BCUT2D eigenvalue weighted by Gasteiger charge is -2.19. The summed E-state index contributed by atoms with van der Waals surface area (Å²) in [4.78, 5) is 0. The highest BCUT2D eigenvalue weighted by molar-refractivity contribution is 5.76. The second-order valence-electron chi connectivity index (χ2n) is 4.70. The molecule has 0 spiro atoms. The zero-order valence-electron chi connectivity index (χ0n) is 10.6. The molecule has 1 aliphatic carbocycles. The number of hydrogen-bond acceptors (Lipinski definition) is 1. The SMILES string of the molecule is CNCC1c2ccccc2C=Cc2ccccc21. The molecule has 0 saturated carbocycles. The standard InChI is InChI=1S/C17H17N/c1-18-12-17-15-8-4-2-6-13(15)10-11-14-7-3-5-9-16(14)17/h2-11,17-18H,12H2,1H3. The summed E-state index contributed by atoms with van der Waals surface area (Å²) in [5.74, 6) is 0.428. The van der Waals surface area contributed by atoms with Gasteiger partial charge in [0.25, 0.3) is 0 Å². The molecule has 1 heteroatoms. The molecule has 0 radical (unpaired) electrons. The Kier molecular flexibility index (Phi) is 2.99. The van der Waals surface area contributed by atoms with Gasteiger partial charge in [0.05, 0.1) is 0 Å². The topological polar surface area (TPSA) is 12.0 Å². The first kappa shape index (κ1) is 11.2. The highest BCUT2D eigenvalue weighted by Crippen LogP contribution is 2.33. The van der Waals surface area contributed by atoms with Crippen molar-refractivity contribution in [3.8, 4) is 0 Å². The van der Waals surface area contributed by atoms with E-state index in [-0.39, 0.29) is 0 Å². The monoisotopic (exact) mass is 235 g/mol. The van der Waals surface area contributed by atoms with Crippen molar-refractivity contribution >= 4 is 12.2 Å². The van der Waals surface area contributed by atoms with Gasteiger partial charge in [-0.15, -0.1) is 0 Å². The fourth-order valence-corrected chi connectivity index (χ4v) is 2.73. The van der Waals surface area contributed by atoms with Crippen molar-refractivity contribution in [2.75, 3.05) is 13.6 Å². The first-order chi connectivity index (χ1) is 8.90. The van der Waals surface area contributed by atoms with E-state index in [1.165, 1.54) is 22.3 Å². The van der Waals surface area contributed by atoms with E-state index in [1.807, 2.05) is 7.05 Å². The van der Waals surface area contributed by atoms with Crippen LogP contribution < -0.4 is 5.32 Å². The quantitative estimate of drug-likeness (QED) is 0.839. The maximum Gasteiger partial charge on any atom is 0.0226 e. The minimum Gasteiger partial charge on any atom is -0.319 e. The van der Waals surface area contributed by atoms with E-state index in [0.29, 0.717) is 5.92 Å². The van der Waals surface area contributed by atoms with Crippen LogP contribution >= 0.6 is 0 Å². The number of benzene rings is 2. The minimum atomic E-state index is 0.428. The number of fused-ring (bicyclic) bond motifs is 2. The van der Waals surface area contributed by atoms with Crippen LogP contribution in [0.3, 0.4) is 0 Å². The molecule has 3 rings (SSSR count). The summed E-state index contributed by atoms with van der Waals surface area (Å²) in [6, 6.07) is 17.3. The lowest BCUT2D eigenvalue weighted by atomic mass is 9.88. The fraction of sp³-hybridized carbons (Fsp3) is 0.176. The van der Waals surface area contributed by atoms with E-state index in [1.54, 1.807) is 0 Å². The van der Waals surface area contributed by atoms with Crippen LogP contribution in [0.4, 0.5) is 0 Å². The Morgan fingerprint density at radius 1 is 0.833 bits per heavy atom. The average molecular weight is 235 g/mol. The van der Waals surface area contributed by atoms with E-state index >= 15 is 0 Å². The molecule has 0 aromatic heterocycles. The van der Waals surface area contributed by atoms with Gasteiger partial charge in [-0.3, -0.25) is 0 Å². The maximum absolute atomic E-state index is 3.32. The number of rotatable bonds is 2. The third-order valence-corrected chi connectivity index (χ3v) is 3.59. The summed E-state index contributed by atoms with van der Waals surface area (Å²) < 4.78 is 0. The van der Waals surface area contributed by atoms with Gasteiger partial charge < -0.3 is 5.32 Å². The van der Waals surface area contributed by atoms with Crippen LogP contribution in [0.1, 0.15) is 28.2 Å². The first-order valence-electron chi connectivity index (χ1n) is 6.40. The Morgan fingerprint density at radius 2 is 1.33 bits per heavy atom. The van der Waals surface area contributed by atoms with Gasteiger partial charge >= 0.3 is 0 Å². The van der Waals surface area contributed by atoms with Crippen molar-refractivity contribution in [3.63, 3.8) is 0 Å². The normalized spacial score (nSPS) is 13.8. The van der Waals surface area contributed by atoms with E-state index in [0.717, 1.165) is 6.54 Å². The summed E-state index contributed by atoms with van der Waals surface area (Å²) in [5, 5.41) is 3.32. The first-order valence-corrected chi connectivity index (χ1v) is 6.40. The summed E-state index contributed by atoms with van der Waals surface area (Å²) >= 11 is 0. The molecule has 0 amide bonds. The molecule has 0 unspecified atom stereocenters. The molecule has 0 fully saturated rings. The van der Waals surface area contributed by atoms with Gasteiger partial charge in [-0.1, -0.05) is 60.7 Å². The van der Waals surface area contributed by atoms with Crippen molar-refractivity contribution in [1.82, 2.24) is 5.32 Å². The van der Waals surface area contributed by atoms with Gasteiger partial charge in [0.1, 0.15) is 0 Å². The Hall–Kier alpha value is -1.86. The van der Waals surface area contributed by atoms with Crippen molar-refractivity contribution < 1.29 is 0 Å². The largest absolute Gasteiger partial charge is 0.319 e. The predicted molar refractivity (Wildman–Crippen MR) is 77.6 cm³/mol. The molecular weight excluding hydrogens is 218 g/mol. The van der Waals surface area contributed by atoms with Gasteiger partial charge in [0.15, 0.2) is 0 Å². The van der Waals surface area contributed by atoms with E-state index in [4.69, 9.17) is 0 Å². The van der Waals surface area contributed by atoms with Crippen LogP contribution in [0, 0.1) is 0 Å². The highest BCUT2D eigenvalue weighted by Gasteiger charge is 2.19. The molecule has 90 valence electrons. The minimum absolute atomic E-state index is 0.428. The van der Waals surface area contributed by atoms with Crippen molar-refractivity contribution in [3.05, 3.63) is 70.8 Å². The molecular formula is C17H17N. The molecule has 0 heterocycles. The molecule has 2 aromatic rings. The maximum atomic E-state index is 3.32. The third-order valence-electron chi connectivity index (χ3n) is 3.59. The predicted octanol–water partition coefficient (Wildman–Crippen LogP) is 3.52. The van der Waals surface area contributed by atoms with Crippen molar-refractivity contribution in [1.29, 1.82) is 0 Å². The third kappa shape index (κ3) is 1.87. The van der Waals surface area contributed by atoms with Crippen LogP contribution in [-0.4, -0.2) is 13.6 Å². The number of hydrogen-bond donors (Lipinski definition) is 1. The van der Waals surface area contributed by atoms with Crippen molar-refractivity contribution in [2.24, 2.45) is 0 Å². The molecule has 0 atom stereocenters. The summed E-state index contributed by atoms with van der Waals surface area (Å²) in [5.41, 5.74) is 5.48. The van der Waals surface area contributed by atoms with Gasteiger partial charge in [-0.2, -0.15) is 0 Å². The van der Waals surface area contributed by atoms with E-state index in [2.05, 4.69) is 66.0 Å². The Bertz CT molecular complexity index is 534. The van der Waals surface area contributed by atoms with Crippen LogP contribution in [0.2, 0.25) is 0 Å². The number of nitrogens with one attached hydrogen (secondary N) is 1. The number of likely N-dealkylation sites (N-methyl/N-ethyl adjacent to an activating group) is 1. The van der Waals surface area contributed by atoms with E-state index in [9.17, 15) is 0 Å². The van der Waals surface area contributed by atoms with Crippen LogP contribution in [0.5, 0.6) is 0 Å². The van der Waals surface area contributed by atoms with Gasteiger partial charge in [-0.25, -0.2) is 0 Å². The van der Waals surface area contributed by atoms with Crippen molar-refractivity contribution in [2.45, 2.75) is 5.92 Å². The fourth-order valence-electron chi connectivity index (χ4n) is 2.73. The van der Waals surface area contributed by atoms with Gasteiger partial charge in [-0.05, 0) is 29.3 Å². The second-order valence-corrected chi connectivity index (χ2v) is 4.70. The molecule has 2 aromatic carbocycles. The van der Waals surface area contributed by atoms with Gasteiger partial charge in [0.2, 0.25) is 0 Å². The van der Waals surface area contributed by atoms with E-state index < -0.39 is 0 Å². The molecule has 18 heavy (non-hydrogen) atoms. The Balaban J connectivity index is 2.20. The summed E-state index contributed by atoms with van der Waals surface area (Å²) in [6.07, 6.45) is 4.45. The van der Waals surface area contributed by atoms with Gasteiger partial charge in [0, 0.05) is 12.5 Å². The molecule has 0 saturated heterocycles. The summed E-state index contributed by atoms with van der Waals surface area (Å²) in [6.45, 7) is 0.968. The average Bonchev–Trinajstić information content (AvgIpc) is 2.58. The lowest BCUT2D eigenvalue weighted by Crippen LogP contribution is -2.19. The summed E-state index contributed by atoms with van der Waals surface area (Å²) in [7, 11) is 2.02. The molecule has 0 bridgehead atoms. The van der Waals surface area contributed by atoms with Crippen LogP contribution in [-0.2, 0) is 0 Å². The zero-order valence-corrected chi connectivity index (χ0v) is 10.6. The van der Waals surface area contributed by atoms with Crippen LogP contribution in [0.25, 0.3) is 12.2 Å². The second kappa shape index (κ2) is 4.79. The molecule has 1 nitrogen and oxygen atoms in total. The molecule has 1 N–H and O–H groups in total. The van der Waals surface area contributed by atoms with Crippen LogP contribution in [0.15, 0.2) is 48.5 Å². The Morgan fingerprint density at radius 3 is 1.83 bits per heavy atom. The lowest BCUT2D eigenvalue weighted by molar-refractivity contribution is 0.707. The smallest absolute Gasteiger partial charge is 0.0226 e. The highest BCUT2D eigenvalue weighted by atomic mass is 14.8.